The number of pyridine rings is 1. The first kappa shape index (κ1) is 19.3. The summed E-state index contributed by atoms with van der Waals surface area (Å²) in [5.41, 5.74) is 2.54. The van der Waals surface area contributed by atoms with E-state index in [1.807, 2.05) is 26.0 Å². The van der Waals surface area contributed by atoms with Crippen molar-refractivity contribution >= 4 is 26.8 Å². The summed E-state index contributed by atoms with van der Waals surface area (Å²) in [4.78, 5) is 16.3. The van der Waals surface area contributed by atoms with Gasteiger partial charge in [-0.15, -0.1) is 0 Å². The van der Waals surface area contributed by atoms with Crippen molar-refractivity contribution in [3.8, 4) is 0 Å². The molecule has 1 aromatic heterocycles. The van der Waals surface area contributed by atoms with Crippen molar-refractivity contribution in [3.63, 3.8) is 0 Å². The molecule has 2 N–H and O–H groups in total. The van der Waals surface area contributed by atoms with E-state index < -0.39 is 21.9 Å². The summed E-state index contributed by atoms with van der Waals surface area (Å²) in [6, 6.07) is 3.87. The number of nitrogens with one attached hydrogen (secondary N) is 1. The third kappa shape index (κ3) is 3.65. The lowest BCUT2D eigenvalue weighted by Gasteiger charge is -2.25. The predicted octanol–water partition coefficient (Wildman–Crippen LogP) is 3.24. The molecule has 7 heteroatoms. The summed E-state index contributed by atoms with van der Waals surface area (Å²) in [5.74, 6) is -0.672. The molecule has 1 saturated carbocycles. The van der Waals surface area contributed by atoms with Gasteiger partial charge in [-0.2, -0.15) is 0 Å². The number of aromatic nitrogens is 1. The second-order valence-corrected chi connectivity index (χ2v) is 10.2. The van der Waals surface area contributed by atoms with E-state index in [9.17, 15) is 18.3 Å². The topological polar surface area (TPSA) is 96.4 Å². The van der Waals surface area contributed by atoms with Gasteiger partial charge in [0.2, 0.25) is 10.0 Å². The Morgan fingerprint density at radius 2 is 2.04 bits per heavy atom. The minimum atomic E-state index is -3.71. The van der Waals surface area contributed by atoms with E-state index in [2.05, 4.69) is 9.71 Å². The van der Waals surface area contributed by atoms with Gasteiger partial charge in [-0.25, -0.2) is 13.1 Å². The fourth-order valence-electron chi connectivity index (χ4n) is 3.99. The summed E-state index contributed by atoms with van der Waals surface area (Å²) in [5, 5.41) is 10.9. The lowest BCUT2D eigenvalue weighted by Crippen LogP contribution is -2.30. The molecule has 1 fully saturated rings. The number of sulfonamides is 1. The minimum absolute atomic E-state index is 0.195. The normalized spacial score (nSPS) is 19.8. The van der Waals surface area contributed by atoms with Crippen molar-refractivity contribution in [2.75, 3.05) is 6.54 Å². The minimum Gasteiger partial charge on any atom is -0.481 e. The highest BCUT2D eigenvalue weighted by Gasteiger charge is 2.32. The number of rotatable bonds is 6. The predicted molar refractivity (Wildman–Crippen MR) is 107 cm³/mol. The molecule has 1 unspecified atom stereocenters. The third-order valence-electron chi connectivity index (χ3n) is 5.70. The number of benzene rings is 1. The monoisotopic (exact) mass is 402 g/mol. The van der Waals surface area contributed by atoms with Crippen molar-refractivity contribution in [3.05, 3.63) is 35.2 Å². The average Bonchev–Trinajstić information content (AvgIpc) is 3.48. The van der Waals surface area contributed by atoms with Crippen molar-refractivity contribution in [1.29, 1.82) is 0 Å². The molecular weight excluding hydrogens is 376 g/mol. The zero-order valence-electron chi connectivity index (χ0n) is 16.2. The van der Waals surface area contributed by atoms with Gasteiger partial charge in [-0.05, 0) is 61.3 Å². The maximum absolute atomic E-state index is 13.3. The zero-order valence-corrected chi connectivity index (χ0v) is 17.1. The number of hydrogen-bond donors (Lipinski definition) is 2. The first-order chi connectivity index (χ1) is 13.3. The molecule has 28 heavy (non-hydrogen) atoms. The summed E-state index contributed by atoms with van der Waals surface area (Å²) in [7, 11) is -3.71. The molecule has 0 radical (unpaired) electrons. The van der Waals surface area contributed by atoms with Gasteiger partial charge in [0.15, 0.2) is 0 Å². The van der Waals surface area contributed by atoms with Crippen molar-refractivity contribution in [2.45, 2.75) is 56.8 Å². The molecule has 1 atom stereocenters. The van der Waals surface area contributed by atoms with Crippen molar-refractivity contribution in [2.24, 2.45) is 11.8 Å². The molecule has 0 saturated heterocycles. The van der Waals surface area contributed by atoms with E-state index in [0.29, 0.717) is 42.0 Å². The lowest BCUT2D eigenvalue weighted by atomic mass is 9.82. The van der Waals surface area contributed by atoms with Crippen LogP contribution in [0.5, 0.6) is 0 Å². The number of carboxylic acid groups (broad SMARTS) is 1. The third-order valence-corrected chi connectivity index (χ3v) is 7.25. The molecule has 2 aromatic rings. The highest BCUT2D eigenvalue weighted by Crippen LogP contribution is 2.42. The van der Waals surface area contributed by atoms with Gasteiger partial charge in [-0.1, -0.05) is 13.8 Å². The Kier molecular flexibility index (Phi) is 4.91. The molecule has 1 aromatic carbocycles. The van der Waals surface area contributed by atoms with Crippen LogP contribution in [0.3, 0.4) is 0 Å². The fourth-order valence-corrected chi connectivity index (χ4v) is 5.71. The molecule has 0 bridgehead atoms. The lowest BCUT2D eigenvalue weighted by molar-refractivity contribution is -0.142. The van der Waals surface area contributed by atoms with E-state index in [1.54, 1.807) is 6.20 Å². The standard InChI is InChI=1S/C21H26N2O4S/c1-12(2)10-23-28(26,27)20-17-6-5-14(21(24)25)7-15(17)8-16-11-22-19(9-18(16)20)13-3-4-13/h8-9,11-14,23H,3-7,10H2,1-2H3,(H,24,25). The average molecular weight is 403 g/mol. The summed E-state index contributed by atoms with van der Waals surface area (Å²) in [6.07, 6.45) is 5.21. The van der Waals surface area contributed by atoms with Crippen molar-refractivity contribution < 1.29 is 18.3 Å². The van der Waals surface area contributed by atoms with E-state index in [0.717, 1.165) is 35.0 Å². The molecule has 0 aliphatic heterocycles. The first-order valence-electron chi connectivity index (χ1n) is 9.93. The maximum atomic E-state index is 13.3. The highest BCUT2D eigenvalue weighted by atomic mass is 32.2. The fraction of sp³-hybridized carbons (Fsp3) is 0.524. The summed E-state index contributed by atoms with van der Waals surface area (Å²) in [6.45, 7) is 4.30. The second kappa shape index (κ2) is 7.12. The Morgan fingerprint density at radius 1 is 1.29 bits per heavy atom. The number of nitrogens with zero attached hydrogens (tertiary/aromatic N) is 1. The molecule has 1 heterocycles. The van der Waals surface area contributed by atoms with Crippen LogP contribution in [0.4, 0.5) is 0 Å². The Balaban J connectivity index is 1.90. The molecule has 6 nitrogen and oxygen atoms in total. The number of aliphatic carboxylic acids is 1. The molecule has 0 amide bonds. The Bertz CT molecular complexity index is 1040. The van der Waals surface area contributed by atoms with Gasteiger partial charge in [0.1, 0.15) is 0 Å². The van der Waals surface area contributed by atoms with Crippen LogP contribution in [-0.2, 0) is 27.7 Å². The van der Waals surface area contributed by atoms with Crippen LogP contribution in [0.1, 0.15) is 55.8 Å². The summed E-state index contributed by atoms with van der Waals surface area (Å²) >= 11 is 0. The Hall–Kier alpha value is -1.99. The number of carbonyl (C=O) groups is 1. The number of carboxylic acids is 1. The van der Waals surface area contributed by atoms with E-state index in [4.69, 9.17) is 0 Å². The second-order valence-electron chi connectivity index (χ2n) is 8.47. The summed E-state index contributed by atoms with van der Waals surface area (Å²) < 4.78 is 29.3. The van der Waals surface area contributed by atoms with Gasteiger partial charge in [0, 0.05) is 35.1 Å². The van der Waals surface area contributed by atoms with Crippen LogP contribution in [0.2, 0.25) is 0 Å². The SMILES string of the molecule is CC(C)CNS(=O)(=O)c1c2c(cc3cnc(C4CC4)cc13)CC(C(=O)O)CC2. The number of fused-ring (bicyclic) bond motifs is 2. The van der Waals surface area contributed by atoms with Gasteiger partial charge in [-0.3, -0.25) is 9.78 Å². The quantitative estimate of drug-likeness (QED) is 0.773. The van der Waals surface area contributed by atoms with Crippen LogP contribution in [0, 0.1) is 11.8 Å². The van der Waals surface area contributed by atoms with Crippen LogP contribution in [0.25, 0.3) is 10.8 Å². The van der Waals surface area contributed by atoms with E-state index in [1.165, 1.54) is 0 Å². The van der Waals surface area contributed by atoms with Gasteiger partial charge in [0.05, 0.1) is 10.8 Å². The molecule has 0 spiro atoms. The van der Waals surface area contributed by atoms with E-state index >= 15 is 0 Å². The highest BCUT2D eigenvalue weighted by molar-refractivity contribution is 7.89. The Morgan fingerprint density at radius 3 is 2.68 bits per heavy atom. The largest absolute Gasteiger partial charge is 0.481 e. The van der Waals surface area contributed by atoms with Gasteiger partial charge >= 0.3 is 5.97 Å². The first-order valence-corrected chi connectivity index (χ1v) is 11.4. The molecule has 2 aliphatic carbocycles. The van der Waals surface area contributed by atoms with Gasteiger partial charge in [0.25, 0.3) is 0 Å². The van der Waals surface area contributed by atoms with Crippen LogP contribution >= 0.6 is 0 Å². The van der Waals surface area contributed by atoms with Crippen LogP contribution < -0.4 is 4.72 Å². The van der Waals surface area contributed by atoms with Crippen LogP contribution in [-0.4, -0.2) is 31.0 Å². The number of hydrogen-bond acceptors (Lipinski definition) is 4. The van der Waals surface area contributed by atoms with E-state index in [-0.39, 0.29) is 5.92 Å². The molecular formula is C21H26N2O4S. The molecule has 150 valence electrons. The van der Waals surface area contributed by atoms with Gasteiger partial charge < -0.3 is 5.11 Å². The molecule has 2 aliphatic rings. The van der Waals surface area contributed by atoms with Crippen molar-refractivity contribution in [1.82, 2.24) is 9.71 Å². The zero-order chi connectivity index (χ0) is 20.1. The molecule has 4 rings (SSSR count). The maximum Gasteiger partial charge on any atom is 0.306 e. The smallest absolute Gasteiger partial charge is 0.306 e. The van der Waals surface area contributed by atoms with Crippen LogP contribution in [0.15, 0.2) is 23.2 Å². The Labute approximate surface area is 165 Å².